The molecule has 1 aliphatic rings. The van der Waals surface area contributed by atoms with E-state index < -0.39 is 0 Å². The second-order valence-corrected chi connectivity index (χ2v) is 13.4. The van der Waals surface area contributed by atoms with Gasteiger partial charge in [0.25, 0.3) is 0 Å². The topological polar surface area (TPSA) is 0 Å². The molecule has 2 heteroatoms. The molecule has 2 heterocycles. The Morgan fingerprint density at radius 3 is 1.73 bits per heavy atom. The summed E-state index contributed by atoms with van der Waals surface area (Å²) in [4.78, 5) is 0. The molecule has 5 aromatic rings. The average Bonchev–Trinajstić information content (AvgIpc) is 2.98. The molecule has 1 aliphatic heterocycles. The summed E-state index contributed by atoms with van der Waals surface area (Å²) in [6.45, 7) is 0. The number of rotatable bonds is 5. The van der Waals surface area contributed by atoms with E-state index >= 15 is 0 Å². The van der Waals surface area contributed by atoms with Crippen LogP contribution >= 0.6 is 0 Å². The third kappa shape index (κ3) is 5.59. The molecule has 0 saturated heterocycles. The van der Waals surface area contributed by atoms with Gasteiger partial charge in [0.2, 0.25) is 0 Å². The van der Waals surface area contributed by atoms with Crippen LogP contribution in [0.1, 0.15) is 16.7 Å². The van der Waals surface area contributed by atoms with Gasteiger partial charge in [0.1, 0.15) is 0 Å². The molecule has 37 heavy (non-hydrogen) atoms. The zero-order chi connectivity index (χ0) is 24.9. The molecular formula is C35H25Se2+. The number of hydrogen-bond acceptors (Lipinski definition) is 0. The fourth-order valence-corrected chi connectivity index (χ4v) is 9.14. The van der Waals surface area contributed by atoms with Crippen LogP contribution < -0.4 is 4.46 Å². The molecule has 0 atom stereocenters. The fraction of sp³-hybridized carbons (Fsp3) is 0. The summed E-state index contributed by atoms with van der Waals surface area (Å²) in [6, 6.07) is 46.0. The summed E-state index contributed by atoms with van der Waals surface area (Å²) in [5.41, 5.74) is 7.81. The van der Waals surface area contributed by atoms with E-state index in [9.17, 15) is 0 Å². The summed E-state index contributed by atoms with van der Waals surface area (Å²) in [7, 11) is 0. The standard InChI is InChI=1S/C35H25Se2/c1-4-14-27(15-5-1)33-23-26(24-34(37-33)28-16-6-2-7-17-28)13-12-20-30-25-35(29-18-8-3-9-19-29)36-32-22-11-10-21-31(30)32/h1-25H/q+1. The molecule has 0 amide bonds. The molecule has 1 aromatic heterocycles. The monoisotopic (exact) mass is 605 g/mol. The summed E-state index contributed by atoms with van der Waals surface area (Å²) in [6.07, 6.45) is 9.13. The average molecular weight is 604 g/mol. The van der Waals surface area contributed by atoms with Crippen molar-refractivity contribution in [3.05, 3.63) is 162 Å². The molecule has 0 radical (unpaired) electrons. The van der Waals surface area contributed by atoms with E-state index in [4.69, 9.17) is 0 Å². The van der Waals surface area contributed by atoms with Crippen LogP contribution in [0.3, 0.4) is 0 Å². The van der Waals surface area contributed by atoms with Crippen molar-refractivity contribution in [2.24, 2.45) is 0 Å². The van der Waals surface area contributed by atoms with Gasteiger partial charge < -0.3 is 0 Å². The minimum atomic E-state index is 0.260. The van der Waals surface area contributed by atoms with Gasteiger partial charge in [-0.3, -0.25) is 0 Å². The SMILES string of the molecule is C1=C(c2ccccc2)[Se]c2ccccc2/C1=C\C=C\c1cc(-c2ccccc2)[se+]c(-c2ccccc2)c1. The third-order valence-corrected chi connectivity index (χ3v) is 11.1. The van der Waals surface area contributed by atoms with Crippen molar-refractivity contribution < 1.29 is 0 Å². The Bertz CT molecular complexity index is 1550. The van der Waals surface area contributed by atoms with Crippen molar-refractivity contribution >= 4 is 50.0 Å². The van der Waals surface area contributed by atoms with Crippen LogP contribution in [0.4, 0.5) is 0 Å². The van der Waals surface area contributed by atoms with E-state index in [0.29, 0.717) is 15.0 Å². The Balaban J connectivity index is 1.40. The summed E-state index contributed by atoms with van der Waals surface area (Å²) < 4.78 is 5.70. The number of fused-ring (bicyclic) bond motifs is 1. The second-order valence-electron chi connectivity index (χ2n) is 8.81. The van der Waals surface area contributed by atoms with E-state index in [1.54, 1.807) is 0 Å². The molecule has 176 valence electrons. The molecular weight excluding hydrogens is 578 g/mol. The van der Waals surface area contributed by atoms with Crippen molar-refractivity contribution in [1.82, 2.24) is 0 Å². The van der Waals surface area contributed by atoms with E-state index in [1.165, 1.54) is 51.2 Å². The van der Waals surface area contributed by atoms with Crippen molar-refractivity contribution in [3.8, 4) is 20.0 Å². The first-order chi connectivity index (χ1) is 18.3. The van der Waals surface area contributed by atoms with Gasteiger partial charge in [-0.15, -0.1) is 0 Å². The van der Waals surface area contributed by atoms with Crippen LogP contribution in [0.15, 0.2) is 146 Å². The Morgan fingerprint density at radius 2 is 1.11 bits per heavy atom. The Hall–Kier alpha value is -3.51. The first-order valence-corrected chi connectivity index (χ1v) is 15.8. The molecule has 0 nitrogen and oxygen atoms in total. The Kier molecular flexibility index (Phi) is 7.26. The van der Waals surface area contributed by atoms with E-state index in [1.807, 2.05) is 0 Å². The minimum absolute atomic E-state index is 0.260. The zero-order valence-electron chi connectivity index (χ0n) is 20.3. The molecule has 0 unspecified atom stereocenters. The van der Waals surface area contributed by atoms with E-state index in [0.717, 1.165) is 0 Å². The van der Waals surface area contributed by atoms with Crippen molar-refractivity contribution in [3.63, 3.8) is 0 Å². The van der Waals surface area contributed by atoms with Crippen LogP contribution in [0, 0.1) is 0 Å². The first kappa shape index (κ1) is 23.9. The van der Waals surface area contributed by atoms with Crippen LogP contribution in [0.5, 0.6) is 0 Å². The molecule has 0 fully saturated rings. The number of allylic oxidation sites excluding steroid dienone is 4. The molecule has 0 bridgehead atoms. The first-order valence-electron chi connectivity index (χ1n) is 12.4. The maximum atomic E-state index is 2.38. The molecule has 4 aromatic carbocycles. The van der Waals surface area contributed by atoms with Crippen LogP contribution in [0.25, 0.3) is 36.1 Å². The summed E-state index contributed by atoms with van der Waals surface area (Å²) in [5.74, 6) is 0. The normalized spacial score (nSPS) is 13.9. The maximum absolute atomic E-state index is 2.38. The number of benzene rings is 4. The predicted octanol–water partition coefficient (Wildman–Crippen LogP) is 7.84. The van der Waals surface area contributed by atoms with Gasteiger partial charge in [0, 0.05) is 0 Å². The van der Waals surface area contributed by atoms with E-state index in [2.05, 4.69) is 152 Å². The molecule has 0 N–H and O–H groups in total. The van der Waals surface area contributed by atoms with Crippen LogP contribution in [0.2, 0.25) is 0 Å². The van der Waals surface area contributed by atoms with Gasteiger partial charge in [0.15, 0.2) is 0 Å². The Labute approximate surface area is 231 Å². The van der Waals surface area contributed by atoms with Gasteiger partial charge in [-0.2, -0.15) is 0 Å². The molecule has 6 rings (SSSR count). The van der Waals surface area contributed by atoms with Gasteiger partial charge in [-0.25, -0.2) is 0 Å². The zero-order valence-corrected chi connectivity index (χ0v) is 23.7. The predicted molar refractivity (Wildman–Crippen MR) is 162 cm³/mol. The summed E-state index contributed by atoms with van der Waals surface area (Å²) in [5, 5.41) is 0. The Morgan fingerprint density at radius 1 is 0.568 bits per heavy atom. The van der Waals surface area contributed by atoms with Crippen LogP contribution in [-0.2, 0) is 0 Å². The van der Waals surface area contributed by atoms with Crippen molar-refractivity contribution in [1.29, 1.82) is 0 Å². The van der Waals surface area contributed by atoms with Gasteiger partial charge in [-0.05, 0) is 0 Å². The fourth-order valence-electron chi connectivity index (χ4n) is 4.41. The van der Waals surface area contributed by atoms with Crippen molar-refractivity contribution in [2.45, 2.75) is 0 Å². The molecule has 0 saturated carbocycles. The van der Waals surface area contributed by atoms with Gasteiger partial charge in [-0.1, -0.05) is 0 Å². The van der Waals surface area contributed by atoms with Gasteiger partial charge in [0.05, 0.1) is 0 Å². The summed E-state index contributed by atoms with van der Waals surface area (Å²) >= 11 is 0.566. The third-order valence-electron chi connectivity index (χ3n) is 6.26. The quantitative estimate of drug-likeness (QED) is 0.180. The molecule has 0 spiro atoms. The molecule has 0 aliphatic carbocycles. The van der Waals surface area contributed by atoms with Crippen molar-refractivity contribution in [2.75, 3.05) is 0 Å². The van der Waals surface area contributed by atoms with Crippen LogP contribution in [-0.4, -0.2) is 29.5 Å². The van der Waals surface area contributed by atoms with Gasteiger partial charge >= 0.3 is 232 Å². The van der Waals surface area contributed by atoms with E-state index in [-0.39, 0.29) is 14.5 Å². The number of hydrogen-bond donors (Lipinski definition) is 0. The second kappa shape index (κ2) is 11.3.